The number of aliphatic imine (C=N–C) groups is 1. The second-order valence-electron chi connectivity index (χ2n) is 4.27. The fourth-order valence-corrected chi connectivity index (χ4v) is 2.74. The lowest BCUT2D eigenvalue weighted by atomic mass is 9.86. The molecule has 84 valence electrons. The molecular weight excluding hydrogens is 218 g/mol. The Kier molecular flexibility index (Phi) is 2.41. The summed E-state index contributed by atoms with van der Waals surface area (Å²) >= 11 is 1.70. The third kappa shape index (κ3) is 1.53. The molecule has 2 aliphatic rings. The number of hydrogen-bond donors (Lipinski definition) is 1. The van der Waals surface area contributed by atoms with E-state index in [-0.39, 0.29) is 5.66 Å². The zero-order chi connectivity index (χ0) is 11.0. The van der Waals surface area contributed by atoms with Gasteiger partial charge in [-0.3, -0.25) is 5.01 Å². The molecule has 4 heteroatoms. The fraction of sp³-hybridized carbons (Fsp3) is 0.417. The quantitative estimate of drug-likeness (QED) is 0.808. The summed E-state index contributed by atoms with van der Waals surface area (Å²) in [6.45, 7) is 0. The second-order valence-corrected chi connectivity index (χ2v) is 5.04. The van der Waals surface area contributed by atoms with Crippen LogP contribution >= 0.6 is 11.8 Å². The van der Waals surface area contributed by atoms with Crippen LogP contribution in [0.1, 0.15) is 19.3 Å². The van der Waals surface area contributed by atoms with Crippen molar-refractivity contribution in [1.82, 2.24) is 5.43 Å². The van der Waals surface area contributed by atoms with E-state index in [0.717, 1.165) is 18.0 Å². The maximum atomic E-state index is 4.80. The van der Waals surface area contributed by atoms with Gasteiger partial charge in [0, 0.05) is 0 Å². The first-order valence-electron chi connectivity index (χ1n) is 5.60. The van der Waals surface area contributed by atoms with Crippen LogP contribution < -0.4 is 10.4 Å². The number of rotatable bonds is 1. The summed E-state index contributed by atoms with van der Waals surface area (Å²) in [5.41, 5.74) is 4.70. The van der Waals surface area contributed by atoms with E-state index in [1.807, 2.05) is 6.07 Å². The predicted molar refractivity (Wildman–Crippen MR) is 69.6 cm³/mol. The SMILES string of the molecule is CSC1=NC2(CCC2)NN1c1ccccc1. The fourth-order valence-electron chi connectivity index (χ4n) is 2.14. The largest absolute Gasteiger partial charge is 0.252 e. The third-order valence-electron chi connectivity index (χ3n) is 3.20. The van der Waals surface area contributed by atoms with Crippen LogP contribution in [0.3, 0.4) is 0 Å². The molecule has 1 fully saturated rings. The molecule has 3 nitrogen and oxygen atoms in total. The van der Waals surface area contributed by atoms with Crippen molar-refractivity contribution >= 4 is 22.6 Å². The molecule has 0 amide bonds. The molecule has 1 aliphatic heterocycles. The van der Waals surface area contributed by atoms with Crippen molar-refractivity contribution in [3.63, 3.8) is 0 Å². The van der Waals surface area contributed by atoms with Crippen molar-refractivity contribution < 1.29 is 0 Å². The van der Waals surface area contributed by atoms with E-state index >= 15 is 0 Å². The molecule has 0 aromatic heterocycles. The van der Waals surface area contributed by atoms with Crippen LogP contribution in [0.4, 0.5) is 5.69 Å². The second kappa shape index (κ2) is 3.79. The minimum absolute atomic E-state index is 0.00812. The van der Waals surface area contributed by atoms with Gasteiger partial charge in [0.15, 0.2) is 5.17 Å². The van der Waals surface area contributed by atoms with Crippen LogP contribution in [-0.4, -0.2) is 17.1 Å². The first kappa shape index (κ1) is 10.2. The number of amidine groups is 1. The molecule has 16 heavy (non-hydrogen) atoms. The topological polar surface area (TPSA) is 27.6 Å². The van der Waals surface area contributed by atoms with Crippen molar-refractivity contribution in [3.05, 3.63) is 30.3 Å². The summed E-state index contributed by atoms with van der Waals surface area (Å²) in [6, 6.07) is 10.4. The van der Waals surface area contributed by atoms with Gasteiger partial charge in [0.25, 0.3) is 0 Å². The van der Waals surface area contributed by atoms with E-state index in [1.54, 1.807) is 11.8 Å². The summed E-state index contributed by atoms with van der Waals surface area (Å²) in [4.78, 5) is 4.80. The molecule has 1 aromatic carbocycles. The first-order chi connectivity index (χ1) is 7.83. The number of nitrogens with zero attached hydrogens (tertiary/aromatic N) is 2. The average molecular weight is 233 g/mol. The molecule has 0 atom stereocenters. The van der Waals surface area contributed by atoms with Crippen molar-refractivity contribution in [2.45, 2.75) is 24.9 Å². The lowest BCUT2D eigenvalue weighted by Gasteiger charge is -2.36. The van der Waals surface area contributed by atoms with Gasteiger partial charge in [0.1, 0.15) is 5.66 Å². The first-order valence-corrected chi connectivity index (χ1v) is 6.82. The lowest BCUT2D eigenvalue weighted by Crippen LogP contribution is -2.52. The smallest absolute Gasteiger partial charge is 0.180 e. The monoisotopic (exact) mass is 233 g/mol. The number of thioether (sulfide) groups is 1. The number of para-hydroxylation sites is 1. The number of benzene rings is 1. The third-order valence-corrected chi connectivity index (χ3v) is 3.84. The van der Waals surface area contributed by atoms with E-state index in [0.29, 0.717) is 0 Å². The Morgan fingerprint density at radius 3 is 2.62 bits per heavy atom. The van der Waals surface area contributed by atoms with E-state index in [4.69, 9.17) is 4.99 Å². The van der Waals surface area contributed by atoms with Crippen LogP contribution in [0.2, 0.25) is 0 Å². The van der Waals surface area contributed by atoms with Gasteiger partial charge in [-0.1, -0.05) is 30.0 Å². The highest BCUT2D eigenvalue weighted by Gasteiger charge is 2.44. The Morgan fingerprint density at radius 2 is 2.06 bits per heavy atom. The highest BCUT2D eigenvalue weighted by atomic mass is 32.2. The average Bonchev–Trinajstić information content (AvgIpc) is 2.70. The minimum atomic E-state index is 0.00812. The molecule has 0 saturated heterocycles. The van der Waals surface area contributed by atoms with Crippen LogP contribution in [0, 0.1) is 0 Å². The highest BCUT2D eigenvalue weighted by molar-refractivity contribution is 8.13. The van der Waals surface area contributed by atoms with Crippen molar-refractivity contribution in [3.8, 4) is 0 Å². The molecule has 0 unspecified atom stereocenters. The van der Waals surface area contributed by atoms with Gasteiger partial charge in [-0.15, -0.1) is 0 Å². The van der Waals surface area contributed by atoms with E-state index in [2.05, 4.69) is 41.0 Å². The normalized spacial score (nSPS) is 22.1. The molecular formula is C12H15N3S. The van der Waals surface area contributed by atoms with Crippen LogP contribution in [0.15, 0.2) is 35.3 Å². The van der Waals surface area contributed by atoms with Gasteiger partial charge in [0.2, 0.25) is 0 Å². The van der Waals surface area contributed by atoms with E-state index in [1.165, 1.54) is 12.1 Å². The Morgan fingerprint density at radius 1 is 1.31 bits per heavy atom. The molecule has 1 spiro atoms. The standard InChI is InChI=1S/C12H15N3S/c1-16-11-13-12(8-5-9-12)14-15(11)10-6-3-2-4-7-10/h2-4,6-7,14H,5,8-9H2,1H3. The lowest BCUT2D eigenvalue weighted by molar-refractivity contribution is 0.214. The van der Waals surface area contributed by atoms with Crippen molar-refractivity contribution in [2.24, 2.45) is 4.99 Å². The molecule has 3 rings (SSSR count). The molecule has 1 aliphatic carbocycles. The summed E-state index contributed by atoms with van der Waals surface area (Å²) in [5.74, 6) is 0. The number of hydrogen-bond acceptors (Lipinski definition) is 4. The van der Waals surface area contributed by atoms with Gasteiger partial charge in [-0.05, 0) is 37.7 Å². The zero-order valence-corrected chi connectivity index (χ0v) is 10.1. The predicted octanol–water partition coefficient (Wildman–Crippen LogP) is 2.61. The summed E-state index contributed by atoms with van der Waals surface area (Å²) in [5, 5.41) is 3.19. The highest BCUT2D eigenvalue weighted by Crippen LogP contribution is 2.39. The Labute approximate surface area is 99.9 Å². The molecule has 1 N–H and O–H groups in total. The Hall–Kier alpha value is -1.00. The molecule has 0 radical (unpaired) electrons. The number of nitrogens with one attached hydrogen (secondary N) is 1. The van der Waals surface area contributed by atoms with Gasteiger partial charge in [0.05, 0.1) is 5.69 Å². The molecule has 1 saturated carbocycles. The minimum Gasteiger partial charge on any atom is -0.252 e. The maximum Gasteiger partial charge on any atom is 0.180 e. The van der Waals surface area contributed by atoms with Crippen LogP contribution in [0.25, 0.3) is 0 Å². The zero-order valence-electron chi connectivity index (χ0n) is 9.31. The van der Waals surface area contributed by atoms with Crippen LogP contribution in [0.5, 0.6) is 0 Å². The maximum absolute atomic E-state index is 4.80. The molecule has 1 heterocycles. The van der Waals surface area contributed by atoms with E-state index < -0.39 is 0 Å². The Balaban J connectivity index is 1.90. The van der Waals surface area contributed by atoms with Gasteiger partial charge >= 0.3 is 0 Å². The van der Waals surface area contributed by atoms with Crippen molar-refractivity contribution in [1.29, 1.82) is 0 Å². The number of hydrazine groups is 1. The Bertz CT molecular complexity index is 412. The summed E-state index contributed by atoms with van der Waals surface area (Å²) in [6.07, 6.45) is 5.66. The molecule has 0 bridgehead atoms. The van der Waals surface area contributed by atoms with Gasteiger partial charge in [-0.2, -0.15) is 0 Å². The van der Waals surface area contributed by atoms with Crippen molar-refractivity contribution in [2.75, 3.05) is 11.3 Å². The number of anilines is 1. The van der Waals surface area contributed by atoms with Crippen LogP contribution in [-0.2, 0) is 0 Å². The summed E-state index contributed by atoms with van der Waals surface area (Å²) < 4.78 is 0. The molecule has 1 aromatic rings. The van der Waals surface area contributed by atoms with Gasteiger partial charge < -0.3 is 0 Å². The summed E-state index contributed by atoms with van der Waals surface area (Å²) in [7, 11) is 0. The van der Waals surface area contributed by atoms with Gasteiger partial charge in [-0.25, -0.2) is 10.4 Å². The van der Waals surface area contributed by atoms with E-state index in [9.17, 15) is 0 Å².